The van der Waals surface area contributed by atoms with Crippen molar-refractivity contribution in [1.82, 2.24) is 9.88 Å². The van der Waals surface area contributed by atoms with E-state index in [1.165, 1.54) is 18.1 Å². The van der Waals surface area contributed by atoms with Crippen LogP contribution in [0.4, 0.5) is 0 Å². The van der Waals surface area contributed by atoms with Gasteiger partial charge in [-0.3, -0.25) is 9.59 Å². The fraction of sp³-hybridized carbons (Fsp3) is 0.500. The molecule has 1 aromatic heterocycles. The van der Waals surface area contributed by atoms with Gasteiger partial charge in [0.25, 0.3) is 5.91 Å². The van der Waals surface area contributed by atoms with Crippen molar-refractivity contribution in [3.8, 4) is 0 Å². The maximum atomic E-state index is 12.4. The van der Waals surface area contributed by atoms with E-state index >= 15 is 0 Å². The summed E-state index contributed by atoms with van der Waals surface area (Å²) in [4.78, 5) is 29.4. The number of aryl methyl sites for hydroxylation is 1. The van der Waals surface area contributed by atoms with Crippen LogP contribution in [0.5, 0.6) is 0 Å². The summed E-state index contributed by atoms with van der Waals surface area (Å²) in [5.41, 5.74) is 1.19. The second kappa shape index (κ2) is 7.85. The molecule has 0 fully saturated rings. The Labute approximate surface area is 123 Å². The minimum Gasteiger partial charge on any atom is -0.468 e. The molecule has 0 aliphatic rings. The Bertz CT molecular complexity index is 491. The van der Waals surface area contributed by atoms with E-state index in [4.69, 9.17) is 11.6 Å². The molecule has 1 aromatic rings. The lowest BCUT2D eigenvalue weighted by Gasteiger charge is -2.21. The van der Waals surface area contributed by atoms with Crippen LogP contribution < -0.4 is 0 Å². The number of carbonyl (C=O) groups excluding carboxylic acids is 2. The van der Waals surface area contributed by atoms with E-state index in [2.05, 4.69) is 9.72 Å². The van der Waals surface area contributed by atoms with Crippen molar-refractivity contribution in [1.29, 1.82) is 0 Å². The highest BCUT2D eigenvalue weighted by molar-refractivity contribution is 6.29. The van der Waals surface area contributed by atoms with Gasteiger partial charge in [-0.2, -0.15) is 0 Å². The molecule has 0 unspecified atom stereocenters. The number of pyridine rings is 1. The van der Waals surface area contributed by atoms with Crippen LogP contribution >= 0.6 is 11.6 Å². The number of halogens is 1. The van der Waals surface area contributed by atoms with Crippen molar-refractivity contribution in [3.05, 3.63) is 28.5 Å². The first-order valence-electron chi connectivity index (χ1n) is 6.54. The average molecular weight is 299 g/mol. The van der Waals surface area contributed by atoms with Gasteiger partial charge in [-0.05, 0) is 25.0 Å². The number of aromatic nitrogens is 1. The molecule has 0 atom stereocenters. The van der Waals surface area contributed by atoms with Gasteiger partial charge in [0.2, 0.25) is 0 Å². The van der Waals surface area contributed by atoms with Gasteiger partial charge >= 0.3 is 5.97 Å². The van der Waals surface area contributed by atoms with E-state index in [1.54, 1.807) is 6.07 Å². The summed E-state index contributed by atoms with van der Waals surface area (Å²) in [6.07, 6.45) is 1.44. The Hall–Kier alpha value is -1.62. The number of hydrogen-bond acceptors (Lipinski definition) is 4. The predicted octanol–water partition coefficient (Wildman–Crippen LogP) is 2.32. The van der Waals surface area contributed by atoms with E-state index < -0.39 is 5.97 Å². The zero-order chi connectivity index (χ0) is 15.1. The second-order valence-corrected chi connectivity index (χ2v) is 4.71. The highest BCUT2D eigenvalue weighted by Gasteiger charge is 2.19. The van der Waals surface area contributed by atoms with Crippen molar-refractivity contribution in [2.75, 3.05) is 20.2 Å². The molecule has 0 spiro atoms. The topological polar surface area (TPSA) is 59.5 Å². The maximum Gasteiger partial charge on any atom is 0.325 e. The molecule has 0 saturated heterocycles. The molecule has 1 heterocycles. The number of ether oxygens (including phenoxy) is 1. The van der Waals surface area contributed by atoms with Crippen LogP contribution in [0.3, 0.4) is 0 Å². The molecule has 110 valence electrons. The summed E-state index contributed by atoms with van der Waals surface area (Å²) in [6, 6.07) is 3.22. The van der Waals surface area contributed by atoms with Crippen LogP contribution in [0.2, 0.25) is 5.15 Å². The van der Waals surface area contributed by atoms with Gasteiger partial charge in [-0.1, -0.05) is 25.4 Å². The quantitative estimate of drug-likeness (QED) is 0.597. The average Bonchev–Trinajstić information content (AvgIpc) is 2.45. The third kappa shape index (κ3) is 4.49. The highest BCUT2D eigenvalue weighted by Crippen LogP contribution is 2.14. The van der Waals surface area contributed by atoms with Gasteiger partial charge < -0.3 is 9.64 Å². The van der Waals surface area contributed by atoms with Gasteiger partial charge in [-0.25, -0.2) is 4.98 Å². The number of methoxy groups -OCH3 is 1. The molecule has 5 nitrogen and oxygen atoms in total. The Balaban J connectivity index is 2.99. The Kier molecular flexibility index (Phi) is 6.45. The van der Waals surface area contributed by atoms with E-state index in [9.17, 15) is 9.59 Å². The van der Waals surface area contributed by atoms with E-state index in [0.29, 0.717) is 18.5 Å². The lowest BCUT2D eigenvalue weighted by atomic mass is 10.1. The molecule has 0 N–H and O–H groups in total. The Morgan fingerprint density at radius 1 is 1.35 bits per heavy atom. The third-order valence-corrected chi connectivity index (χ3v) is 2.98. The Morgan fingerprint density at radius 2 is 2.05 bits per heavy atom. The summed E-state index contributed by atoms with van der Waals surface area (Å²) >= 11 is 5.91. The van der Waals surface area contributed by atoms with E-state index in [-0.39, 0.29) is 17.6 Å². The van der Waals surface area contributed by atoms with Crippen molar-refractivity contribution < 1.29 is 14.3 Å². The molecule has 0 aliphatic heterocycles. The molecule has 0 radical (unpaired) electrons. The molecule has 0 aliphatic carbocycles. The molecular weight excluding hydrogens is 280 g/mol. The molecule has 0 saturated carbocycles. The fourth-order valence-electron chi connectivity index (χ4n) is 1.78. The Morgan fingerprint density at radius 3 is 2.60 bits per heavy atom. The first kappa shape index (κ1) is 16.4. The summed E-state index contributed by atoms with van der Waals surface area (Å²) in [5.74, 6) is -0.682. The highest BCUT2D eigenvalue weighted by atomic mass is 35.5. The largest absolute Gasteiger partial charge is 0.468 e. The van der Waals surface area contributed by atoms with Crippen molar-refractivity contribution in [2.45, 2.75) is 26.7 Å². The van der Waals surface area contributed by atoms with Gasteiger partial charge in [0, 0.05) is 17.8 Å². The number of amides is 1. The first-order chi connectivity index (χ1) is 9.51. The zero-order valence-electron chi connectivity index (χ0n) is 12.0. The summed E-state index contributed by atoms with van der Waals surface area (Å²) in [6.45, 7) is 4.29. The van der Waals surface area contributed by atoms with Crippen LogP contribution in [-0.2, 0) is 16.0 Å². The number of carbonyl (C=O) groups is 2. The van der Waals surface area contributed by atoms with Gasteiger partial charge in [0.05, 0.1) is 7.11 Å². The lowest BCUT2D eigenvalue weighted by molar-refractivity contribution is -0.141. The summed E-state index contributed by atoms with van der Waals surface area (Å²) < 4.78 is 4.61. The van der Waals surface area contributed by atoms with Crippen molar-refractivity contribution >= 4 is 23.5 Å². The lowest BCUT2D eigenvalue weighted by Crippen LogP contribution is -2.36. The van der Waals surface area contributed by atoms with Gasteiger partial charge in [0.15, 0.2) is 0 Å². The SMILES string of the molecule is CCCN(CC(=O)OC)C(=O)c1cc(Cl)nc(CC)c1. The maximum absolute atomic E-state index is 12.4. The standard InChI is InChI=1S/C14H19ClN2O3/c1-4-6-17(9-13(18)20-3)14(19)10-7-11(5-2)16-12(15)8-10/h7-8H,4-6,9H2,1-3H3. The van der Waals surface area contributed by atoms with E-state index in [1.807, 2.05) is 13.8 Å². The molecule has 20 heavy (non-hydrogen) atoms. The van der Waals surface area contributed by atoms with Crippen molar-refractivity contribution in [3.63, 3.8) is 0 Å². The normalized spacial score (nSPS) is 10.2. The minimum absolute atomic E-state index is 0.0649. The number of hydrogen-bond donors (Lipinski definition) is 0. The third-order valence-electron chi connectivity index (χ3n) is 2.78. The number of nitrogens with zero attached hydrogens (tertiary/aromatic N) is 2. The number of esters is 1. The van der Waals surface area contributed by atoms with Gasteiger partial charge in [-0.15, -0.1) is 0 Å². The number of rotatable bonds is 6. The molecular formula is C14H19ClN2O3. The summed E-state index contributed by atoms with van der Waals surface area (Å²) in [7, 11) is 1.30. The fourth-order valence-corrected chi connectivity index (χ4v) is 2.01. The zero-order valence-corrected chi connectivity index (χ0v) is 12.7. The summed E-state index contributed by atoms with van der Waals surface area (Å²) in [5, 5.41) is 0.280. The molecule has 1 rings (SSSR count). The molecule has 0 bridgehead atoms. The van der Waals surface area contributed by atoms with E-state index in [0.717, 1.165) is 12.1 Å². The van der Waals surface area contributed by atoms with Crippen LogP contribution in [-0.4, -0.2) is 42.0 Å². The van der Waals surface area contributed by atoms with Crippen molar-refractivity contribution in [2.24, 2.45) is 0 Å². The van der Waals surface area contributed by atoms with Crippen LogP contribution in [0.15, 0.2) is 12.1 Å². The predicted molar refractivity (Wildman–Crippen MR) is 76.8 cm³/mol. The molecule has 1 amide bonds. The van der Waals surface area contributed by atoms with Crippen LogP contribution in [0, 0.1) is 0 Å². The second-order valence-electron chi connectivity index (χ2n) is 4.33. The van der Waals surface area contributed by atoms with Crippen LogP contribution in [0.25, 0.3) is 0 Å². The minimum atomic E-state index is -0.442. The van der Waals surface area contributed by atoms with Crippen LogP contribution in [0.1, 0.15) is 36.3 Å². The molecule has 6 heteroatoms. The van der Waals surface area contributed by atoms with Gasteiger partial charge in [0.1, 0.15) is 11.7 Å². The monoisotopic (exact) mass is 298 g/mol. The molecule has 0 aromatic carbocycles. The first-order valence-corrected chi connectivity index (χ1v) is 6.92. The smallest absolute Gasteiger partial charge is 0.325 e.